The van der Waals surface area contributed by atoms with Gasteiger partial charge in [-0.15, -0.1) is 0 Å². The summed E-state index contributed by atoms with van der Waals surface area (Å²) < 4.78 is 0. The van der Waals surface area contributed by atoms with Crippen molar-refractivity contribution in [2.24, 2.45) is 22.9 Å². The van der Waals surface area contributed by atoms with Gasteiger partial charge in [0.05, 0.1) is 0 Å². The van der Waals surface area contributed by atoms with Crippen LogP contribution in [-0.4, -0.2) is 154 Å². The van der Waals surface area contributed by atoms with Crippen molar-refractivity contribution in [2.45, 2.75) is 0 Å². The first kappa shape index (κ1) is 33.5. The van der Waals surface area contributed by atoms with Gasteiger partial charge in [0.1, 0.15) is 0 Å². The van der Waals surface area contributed by atoms with Crippen molar-refractivity contribution < 1.29 is 0 Å². The summed E-state index contributed by atoms with van der Waals surface area (Å²) in [4.78, 5) is 4.72. The summed E-state index contributed by atoms with van der Waals surface area (Å²) in [6.07, 6.45) is 0. The first-order chi connectivity index (χ1) is 16.8. The van der Waals surface area contributed by atoms with Gasteiger partial charge in [-0.05, 0) is 0 Å². The zero-order valence-corrected chi connectivity index (χ0v) is 21.8. The van der Waals surface area contributed by atoms with Crippen molar-refractivity contribution >= 4 is 0 Å². The van der Waals surface area contributed by atoms with E-state index in [-0.39, 0.29) is 0 Å². The van der Waals surface area contributed by atoms with Crippen LogP contribution in [0.3, 0.4) is 0 Å². The number of rotatable bonds is 29. The van der Waals surface area contributed by atoms with Gasteiger partial charge in [-0.25, -0.2) is 0 Å². The summed E-state index contributed by atoms with van der Waals surface area (Å²) in [5, 5.41) is 20.6. The number of nitrogens with two attached hydrogens (primary N) is 4. The van der Waals surface area contributed by atoms with Crippen LogP contribution in [0.5, 0.6) is 0 Å². The average molecular weight is 491 g/mol. The summed E-state index contributed by atoms with van der Waals surface area (Å²) in [5.41, 5.74) is 22.5. The molecule has 0 aliphatic carbocycles. The Morgan fingerprint density at radius 3 is 0.853 bits per heavy atom. The lowest BCUT2D eigenvalue weighted by molar-refractivity contribution is 0.279. The van der Waals surface area contributed by atoms with Crippen molar-refractivity contribution in [3.05, 3.63) is 0 Å². The van der Waals surface area contributed by atoms with Gasteiger partial charge in [-0.2, -0.15) is 0 Å². The lowest BCUT2D eigenvalue weighted by atomic mass is 10.4. The molecule has 0 amide bonds. The van der Waals surface area contributed by atoms with Crippen molar-refractivity contribution in [1.29, 1.82) is 0 Å². The number of hydrogen-bond acceptors (Lipinski definition) is 12. The standard InChI is InChI=1S/C22H58N12/c23-1-5-27-6-7-28-8-12-31-15-21-34(19-4-26)22-16-32-13-10-29-9-11-30-14-20-33(17-2-24)18-3-25/h27-32H,1-26H2. The first-order valence-corrected chi connectivity index (χ1v) is 13.3. The maximum Gasteiger partial charge on any atom is 0.0108 e. The lowest BCUT2D eigenvalue weighted by Gasteiger charge is -2.22. The molecule has 0 spiro atoms. The molecule has 0 heterocycles. The number of nitrogens with one attached hydrogen (secondary N) is 6. The Balaban J connectivity index is 3.49. The predicted molar refractivity (Wildman–Crippen MR) is 146 cm³/mol. The Morgan fingerprint density at radius 2 is 0.559 bits per heavy atom. The minimum atomic E-state index is 0.682. The molecule has 0 aliphatic rings. The third-order valence-electron chi connectivity index (χ3n) is 5.39. The van der Waals surface area contributed by atoms with Crippen LogP contribution < -0.4 is 54.8 Å². The van der Waals surface area contributed by atoms with E-state index in [0.29, 0.717) is 26.2 Å². The molecule has 0 saturated heterocycles. The fourth-order valence-corrected chi connectivity index (χ4v) is 3.49. The first-order valence-electron chi connectivity index (χ1n) is 13.3. The van der Waals surface area contributed by atoms with E-state index in [0.717, 1.165) is 118 Å². The van der Waals surface area contributed by atoms with E-state index in [1.165, 1.54) is 0 Å². The zero-order chi connectivity index (χ0) is 25.0. The molecule has 0 aliphatic heterocycles. The van der Waals surface area contributed by atoms with E-state index in [9.17, 15) is 0 Å². The predicted octanol–water partition coefficient (Wildman–Crippen LogP) is -5.04. The molecule has 0 saturated carbocycles. The summed E-state index contributed by atoms with van der Waals surface area (Å²) in [6, 6.07) is 0. The molecule has 12 nitrogen and oxygen atoms in total. The molecule has 0 bridgehead atoms. The van der Waals surface area contributed by atoms with Gasteiger partial charge in [0.15, 0.2) is 0 Å². The van der Waals surface area contributed by atoms with Crippen LogP contribution in [0, 0.1) is 0 Å². The third-order valence-corrected chi connectivity index (χ3v) is 5.39. The van der Waals surface area contributed by atoms with Gasteiger partial charge in [0, 0.05) is 144 Å². The maximum absolute atomic E-state index is 5.78. The lowest BCUT2D eigenvalue weighted by Crippen LogP contribution is -2.42. The molecule has 0 fully saturated rings. The molecule has 0 radical (unpaired) electrons. The SMILES string of the molecule is NCCNCCNCCNCCN(CCN)CCNCCNCCNCCN(CCN)CCN. The fourth-order valence-electron chi connectivity index (χ4n) is 3.49. The van der Waals surface area contributed by atoms with Gasteiger partial charge in [-0.3, -0.25) is 9.80 Å². The normalized spacial score (nSPS) is 11.8. The van der Waals surface area contributed by atoms with Gasteiger partial charge < -0.3 is 54.8 Å². The summed E-state index contributed by atoms with van der Waals surface area (Å²) in [7, 11) is 0. The molecular formula is C22H58N12. The highest BCUT2D eigenvalue weighted by Crippen LogP contribution is 1.85. The number of hydrogen-bond donors (Lipinski definition) is 10. The van der Waals surface area contributed by atoms with Crippen molar-refractivity contribution in [3.8, 4) is 0 Å². The van der Waals surface area contributed by atoms with E-state index in [1.807, 2.05) is 0 Å². The molecule has 0 aromatic carbocycles. The van der Waals surface area contributed by atoms with E-state index in [1.54, 1.807) is 0 Å². The third kappa shape index (κ3) is 24.6. The minimum Gasteiger partial charge on any atom is -0.329 e. The van der Waals surface area contributed by atoms with E-state index in [4.69, 9.17) is 22.9 Å². The Bertz CT molecular complexity index is 372. The molecule has 0 aromatic rings. The Hall–Kier alpha value is -0.480. The molecule has 0 rings (SSSR count). The monoisotopic (exact) mass is 490 g/mol. The molecule has 0 unspecified atom stereocenters. The Kier molecular flexibility index (Phi) is 28.3. The van der Waals surface area contributed by atoms with Crippen LogP contribution in [0.4, 0.5) is 0 Å². The second kappa shape index (κ2) is 28.8. The maximum atomic E-state index is 5.78. The Morgan fingerprint density at radius 1 is 0.294 bits per heavy atom. The van der Waals surface area contributed by atoms with Gasteiger partial charge in [0.25, 0.3) is 0 Å². The fraction of sp³-hybridized carbons (Fsp3) is 1.00. The zero-order valence-electron chi connectivity index (χ0n) is 21.8. The molecule has 0 aromatic heterocycles. The van der Waals surface area contributed by atoms with Crippen LogP contribution >= 0.6 is 0 Å². The van der Waals surface area contributed by atoms with Crippen molar-refractivity contribution in [2.75, 3.05) is 144 Å². The second-order valence-corrected chi connectivity index (χ2v) is 8.34. The molecule has 14 N–H and O–H groups in total. The highest BCUT2D eigenvalue weighted by Gasteiger charge is 2.03. The van der Waals surface area contributed by atoms with E-state index in [2.05, 4.69) is 41.7 Å². The quantitative estimate of drug-likeness (QED) is 0.0451. The molecule has 206 valence electrons. The second-order valence-electron chi connectivity index (χ2n) is 8.34. The van der Waals surface area contributed by atoms with Crippen molar-refractivity contribution in [1.82, 2.24) is 41.7 Å². The minimum absolute atomic E-state index is 0.682. The van der Waals surface area contributed by atoms with E-state index < -0.39 is 0 Å². The summed E-state index contributed by atoms with van der Waals surface area (Å²) in [6.45, 7) is 20.1. The van der Waals surface area contributed by atoms with Gasteiger partial charge >= 0.3 is 0 Å². The highest BCUT2D eigenvalue weighted by molar-refractivity contribution is 4.65. The molecule has 0 atom stereocenters. The van der Waals surface area contributed by atoms with E-state index >= 15 is 0 Å². The van der Waals surface area contributed by atoms with Gasteiger partial charge in [-0.1, -0.05) is 0 Å². The Labute approximate surface area is 209 Å². The molecule has 34 heavy (non-hydrogen) atoms. The van der Waals surface area contributed by atoms with Crippen LogP contribution in [-0.2, 0) is 0 Å². The number of nitrogens with zero attached hydrogens (tertiary/aromatic N) is 2. The van der Waals surface area contributed by atoms with Crippen LogP contribution in [0.1, 0.15) is 0 Å². The molecule has 12 heteroatoms. The van der Waals surface area contributed by atoms with Crippen molar-refractivity contribution in [3.63, 3.8) is 0 Å². The molecular weight excluding hydrogens is 432 g/mol. The van der Waals surface area contributed by atoms with Crippen LogP contribution in [0.25, 0.3) is 0 Å². The smallest absolute Gasteiger partial charge is 0.0108 e. The topological polar surface area (TPSA) is 183 Å². The summed E-state index contributed by atoms with van der Waals surface area (Å²) in [5.74, 6) is 0. The van der Waals surface area contributed by atoms with Crippen LogP contribution in [0.2, 0.25) is 0 Å². The average Bonchev–Trinajstić information content (AvgIpc) is 2.83. The van der Waals surface area contributed by atoms with Crippen LogP contribution in [0.15, 0.2) is 0 Å². The highest BCUT2D eigenvalue weighted by atomic mass is 15.2. The largest absolute Gasteiger partial charge is 0.329 e. The van der Waals surface area contributed by atoms with Gasteiger partial charge in [0.2, 0.25) is 0 Å². The summed E-state index contributed by atoms with van der Waals surface area (Å²) >= 11 is 0.